The summed E-state index contributed by atoms with van der Waals surface area (Å²) in [4.78, 5) is 28.6. The molecular formula is C20H19N5O2S. The molecular weight excluding hydrogens is 374 g/mol. The first-order chi connectivity index (χ1) is 13.7. The number of benzene rings is 1. The second-order valence-corrected chi connectivity index (χ2v) is 7.48. The Morgan fingerprint density at radius 2 is 1.79 bits per heavy atom. The molecule has 0 radical (unpaired) electrons. The van der Waals surface area contributed by atoms with E-state index in [1.807, 2.05) is 29.6 Å². The molecule has 8 heteroatoms. The Labute approximate surface area is 166 Å². The molecule has 1 aromatic carbocycles. The number of carbonyl (C=O) groups excluding carboxylic acids is 2. The van der Waals surface area contributed by atoms with Gasteiger partial charge in [0.2, 0.25) is 0 Å². The summed E-state index contributed by atoms with van der Waals surface area (Å²) in [6.45, 7) is 0.443. The molecule has 2 N–H and O–H groups in total. The third-order valence-electron chi connectivity index (χ3n) is 5.20. The number of pyridine rings is 1. The summed E-state index contributed by atoms with van der Waals surface area (Å²) in [6.07, 6.45) is 6.62. The number of nitrogens with zero attached hydrogens (tertiary/aromatic N) is 3. The van der Waals surface area contributed by atoms with Crippen LogP contribution in [0.2, 0.25) is 0 Å². The minimum Gasteiger partial charge on any atom is -0.347 e. The maximum Gasteiger partial charge on any atom is 0.313 e. The molecule has 28 heavy (non-hydrogen) atoms. The van der Waals surface area contributed by atoms with Crippen molar-refractivity contribution in [3.8, 4) is 11.3 Å². The van der Waals surface area contributed by atoms with Crippen LogP contribution < -0.4 is 10.6 Å². The lowest BCUT2D eigenvalue weighted by Crippen LogP contribution is -2.48. The zero-order valence-electron chi connectivity index (χ0n) is 15.1. The fourth-order valence-electron chi connectivity index (χ4n) is 3.41. The number of amides is 2. The molecule has 4 rings (SSSR count). The summed E-state index contributed by atoms with van der Waals surface area (Å²) in [5.74, 6) is -1.31. The predicted molar refractivity (Wildman–Crippen MR) is 107 cm³/mol. The molecule has 1 aliphatic rings. The van der Waals surface area contributed by atoms with E-state index in [0.717, 1.165) is 36.1 Å². The Morgan fingerprint density at radius 1 is 1.04 bits per heavy atom. The van der Waals surface area contributed by atoms with E-state index < -0.39 is 11.8 Å². The minimum absolute atomic E-state index is 0.0951. The Morgan fingerprint density at radius 3 is 2.39 bits per heavy atom. The lowest BCUT2D eigenvalue weighted by molar-refractivity contribution is -0.136. The molecule has 0 atom stereocenters. The smallest absolute Gasteiger partial charge is 0.313 e. The van der Waals surface area contributed by atoms with Crippen LogP contribution in [0, 0.1) is 0 Å². The summed E-state index contributed by atoms with van der Waals surface area (Å²) in [6, 6.07) is 11.1. The summed E-state index contributed by atoms with van der Waals surface area (Å²) in [7, 11) is 0. The topological polar surface area (TPSA) is 96.9 Å². The van der Waals surface area contributed by atoms with E-state index in [2.05, 4.69) is 25.2 Å². The van der Waals surface area contributed by atoms with Crippen molar-refractivity contribution >= 4 is 29.0 Å². The van der Waals surface area contributed by atoms with Crippen LogP contribution in [0.15, 0.2) is 54.2 Å². The second-order valence-electron chi connectivity index (χ2n) is 6.87. The summed E-state index contributed by atoms with van der Waals surface area (Å²) in [5, 5.41) is 11.3. The second kappa shape index (κ2) is 7.85. The van der Waals surface area contributed by atoms with Crippen molar-refractivity contribution in [1.82, 2.24) is 19.9 Å². The molecule has 1 aliphatic carbocycles. The van der Waals surface area contributed by atoms with Gasteiger partial charge in [-0.05, 0) is 54.2 Å². The molecule has 0 bridgehead atoms. The molecule has 1 fully saturated rings. The van der Waals surface area contributed by atoms with Crippen LogP contribution in [0.3, 0.4) is 0 Å². The van der Waals surface area contributed by atoms with Gasteiger partial charge < -0.3 is 10.6 Å². The highest BCUT2D eigenvalue weighted by Crippen LogP contribution is 2.42. The van der Waals surface area contributed by atoms with E-state index in [1.165, 1.54) is 11.5 Å². The van der Waals surface area contributed by atoms with Crippen LogP contribution >= 0.6 is 11.5 Å². The molecule has 0 aliphatic heterocycles. The first-order valence-electron chi connectivity index (χ1n) is 9.03. The van der Waals surface area contributed by atoms with Crippen molar-refractivity contribution in [1.29, 1.82) is 0 Å². The molecule has 0 unspecified atom stereocenters. The van der Waals surface area contributed by atoms with Crippen LogP contribution in [-0.2, 0) is 15.0 Å². The molecule has 142 valence electrons. The molecule has 1 saturated carbocycles. The van der Waals surface area contributed by atoms with Crippen molar-refractivity contribution in [2.75, 3.05) is 11.9 Å². The van der Waals surface area contributed by atoms with Crippen molar-refractivity contribution in [2.24, 2.45) is 0 Å². The van der Waals surface area contributed by atoms with Crippen LogP contribution in [0.5, 0.6) is 0 Å². The molecule has 0 spiro atoms. The molecule has 7 nitrogen and oxygen atoms in total. The van der Waals surface area contributed by atoms with Gasteiger partial charge in [-0.25, -0.2) is 0 Å². The SMILES string of the molecule is O=C(NCC1(c2ccncc2)CCC1)C(=O)Nc1ccc(-c2csnn2)cc1. The summed E-state index contributed by atoms with van der Waals surface area (Å²) >= 11 is 1.28. The maximum atomic E-state index is 12.3. The van der Waals surface area contributed by atoms with Crippen molar-refractivity contribution < 1.29 is 9.59 Å². The Bertz CT molecular complexity index is 954. The zero-order valence-corrected chi connectivity index (χ0v) is 15.9. The molecule has 2 aromatic heterocycles. The Balaban J connectivity index is 1.34. The van der Waals surface area contributed by atoms with Crippen molar-refractivity contribution in [3.05, 3.63) is 59.7 Å². The minimum atomic E-state index is -0.674. The Hall–Kier alpha value is -3.13. The lowest BCUT2D eigenvalue weighted by atomic mass is 9.64. The highest BCUT2D eigenvalue weighted by Gasteiger charge is 2.39. The van der Waals surface area contributed by atoms with Gasteiger partial charge in [-0.3, -0.25) is 14.6 Å². The molecule has 3 aromatic rings. The van der Waals surface area contributed by atoms with Gasteiger partial charge >= 0.3 is 11.8 Å². The van der Waals surface area contributed by atoms with E-state index in [0.29, 0.717) is 12.2 Å². The van der Waals surface area contributed by atoms with Crippen LogP contribution in [0.4, 0.5) is 5.69 Å². The summed E-state index contributed by atoms with van der Waals surface area (Å²) in [5.41, 5.74) is 3.30. The zero-order chi connectivity index (χ0) is 19.4. The highest BCUT2D eigenvalue weighted by atomic mass is 32.1. The van der Waals surface area contributed by atoms with E-state index in [1.54, 1.807) is 24.5 Å². The first kappa shape index (κ1) is 18.2. The van der Waals surface area contributed by atoms with E-state index in [4.69, 9.17) is 0 Å². The van der Waals surface area contributed by atoms with Gasteiger partial charge in [-0.15, -0.1) is 5.10 Å². The molecule has 0 saturated heterocycles. The number of anilines is 1. The van der Waals surface area contributed by atoms with Crippen LogP contribution in [0.1, 0.15) is 24.8 Å². The standard InChI is InChI=1S/C20H19N5O2S/c26-18(22-13-20(8-1-9-20)15-6-10-21-11-7-15)19(27)23-16-4-2-14(3-5-16)17-12-28-25-24-17/h2-7,10-12H,1,8-9,13H2,(H,22,26)(H,23,27). The van der Waals surface area contributed by atoms with Crippen molar-refractivity contribution in [2.45, 2.75) is 24.7 Å². The fourth-order valence-corrected chi connectivity index (χ4v) is 3.87. The van der Waals surface area contributed by atoms with E-state index in [-0.39, 0.29) is 5.41 Å². The van der Waals surface area contributed by atoms with E-state index in [9.17, 15) is 9.59 Å². The number of nitrogens with one attached hydrogen (secondary N) is 2. The Kier molecular flexibility index (Phi) is 5.12. The number of hydrogen-bond donors (Lipinski definition) is 2. The van der Waals surface area contributed by atoms with Gasteiger partial charge in [0.25, 0.3) is 0 Å². The first-order valence-corrected chi connectivity index (χ1v) is 9.87. The molecule has 2 heterocycles. The number of aromatic nitrogens is 3. The average molecular weight is 393 g/mol. The van der Waals surface area contributed by atoms with Gasteiger partial charge in [0.1, 0.15) is 5.69 Å². The van der Waals surface area contributed by atoms with Crippen LogP contribution in [0.25, 0.3) is 11.3 Å². The fraction of sp³-hybridized carbons (Fsp3) is 0.250. The average Bonchev–Trinajstić information content (AvgIpc) is 3.23. The van der Waals surface area contributed by atoms with Gasteiger partial charge in [0, 0.05) is 41.0 Å². The third-order valence-corrected chi connectivity index (χ3v) is 5.70. The predicted octanol–water partition coefficient (Wildman–Crippen LogP) is 2.78. The number of rotatable bonds is 5. The maximum absolute atomic E-state index is 12.3. The quantitative estimate of drug-likeness (QED) is 0.650. The number of hydrogen-bond acceptors (Lipinski definition) is 6. The largest absolute Gasteiger partial charge is 0.347 e. The summed E-state index contributed by atoms with van der Waals surface area (Å²) < 4.78 is 3.83. The van der Waals surface area contributed by atoms with Gasteiger partial charge in [0.15, 0.2) is 0 Å². The third kappa shape index (κ3) is 3.77. The normalized spacial score (nSPS) is 14.7. The number of carbonyl (C=O) groups is 2. The molecule has 2 amide bonds. The monoisotopic (exact) mass is 393 g/mol. The van der Waals surface area contributed by atoms with E-state index >= 15 is 0 Å². The van der Waals surface area contributed by atoms with Crippen LogP contribution in [-0.4, -0.2) is 32.9 Å². The van der Waals surface area contributed by atoms with Gasteiger partial charge in [0.05, 0.1) is 0 Å². The van der Waals surface area contributed by atoms with Gasteiger partial charge in [-0.2, -0.15) is 0 Å². The van der Waals surface area contributed by atoms with Gasteiger partial charge in [-0.1, -0.05) is 23.0 Å². The lowest BCUT2D eigenvalue weighted by Gasteiger charge is -2.42. The van der Waals surface area contributed by atoms with Crippen molar-refractivity contribution in [3.63, 3.8) is 0 Å². The highest BCUT2D eigenvalue weighted by molar-refractivity contribution is 7.03.